The second-order valence-electron chi connectivity index (χ2n) is 12.6. The average Bonchev–Trinajstić information content (AvgIpc) is 3.66. The van der Waals surface area contributed by atoms with Gasteiger partial charge in [-0.05, 0) is 25.5 Å². The molecule has 56 heavy (non-hydrogen) atoms. The van der Waals surface area contributed by atoms with Crippen LogP contribution in [0.5, 0.6) is 0 Å². The number of hydrogen-bond donors (Lipinski definition) is 10. The van der Waals surface area contributed by atoms with Gasteiger partial charge in [0.15, 0.2) is 17.7 Å². The van der Waals surface area contributed by atoms with E-state index in [0.717, 1.165) is 35.4 Å². The number of phosphoric ester groups is 3. The number of hydrogen-bond acceptors (Lipinski definition) is 19. The Morgan fingerprint density at radius 2 is 1.79 bits per heavy atom. The lowest BCUT2D eigenvalue weighted by Crippen LogP contribution is -2.46. The summed E-state index contributed by atoms with van der Waals surface area (Å²) in [6.45, 7) is 0.964. The average molecular weight is 879 g/mol. The molecule has 2 amide bonds. The molecule has 3 rings (SSSR count). The predicted octanol–water partition coefficient (Wildman–Crippen LogP) is -1.04. The van der Waals surface area contributed by atoms with Crippen molar-refractivity contribution in [3.8, 4) is 0 Å². The molecule has 1 aliphatic rings. The zero-order valence-corrected chi connectivity index (χ0v) is 33.4. The highest BCUT2D eigenvalue weighted by molar-refractivity contribution is 8.14. The van der Waals surface area contributed by atoms with Gasteiger partial charge in [0, 0.05) is 30.7 Å². The SMILES string of the molecule is CC(C)(COP(=O)(O)OP(=O)(O)OC[C@H]1O[C@@H](n2cnc3c(N)ncnc32)[C@H](O)[C@@H]1OP(=O)(O)O)[C@@H](O)C(=O)NCCC(=O)NCCSC(=O)C=CCCCN. The summed E-state index contributed by atoms with van der Waals surface area (Å²) in [7, 11) is -16.4. The first kappa shape index (κ1) is 47.6. The van der Waals surface area contributed by atoms with Crippen molar-refractivity contribution in [3.05, 3.63) is 24.8 Å². The maximum Gasteiger partial charge on any atom is 0.481 e. The maximum absolute atomic E-state index is 12.7. The Kier molecular flexibility index (Phi) is 17.7. The normalized spacial score (nSPS) is 21.8. The number of nitrogen functional groups attached to an aromatic ring is 1. The van der Waals surface area contributed by atoms with E-state index in [-0.39, 0.29) is 41.6 Å². The lowest BCUT2D eigenvalue weighted by molar-refractivity contribution is -0.137. The second-order valence-corrected chi connectivity index (χ2v) is 17.9. The second kappa shape index (κ2) is 20.8. The standard InChI is InChI=1S/C27H45N8O17P3S/c1-27(2,22(39)25(40)31-9-7-17(36)30-10-11-56-18(37)6-4-3-5-8-28)13-49-55(46,47)52-54(44,45)48-12-16-21(51-53(41,42)43)20(38)26(50-16)35-15-34-19-23(29)32-14-33-24(19)35/h4,6,14-16,20-22,26,38-39H,3,5,7-13,28H2,1-2H3,(H,30,36)(H,31,40)(H,44,45)(H,46,47)(H2,29,32,33)(H2,41,42,43)/t16-,20-,21-,22+,26-/m1/s1. The first-order valence-corrected chi connectivity index (χ1v) is 22.0. The number of rotatable bonds is 23. The Morgan fingerprint density at radius 1 is 1.09 bits per heavy atom. The first-order chi connectivity index (χ1) is 26.1. The van der Waals surface area contributed by atoms with Gasteiger partial charge in [-0.3, -0.25) is 32.5 Å². The largest absolute Gasteiger partial charge is 0.481 e. The number of aromatic nitrogens is 4. The molecule has 2 unspecified atom stereocenters. The highest BCUT2D eigenvalue weighted by atomic mass is 32.2. The summed E-state index contributed by atoms with van der Waals surface area (Å²) < 4.78 is 62.0. The number of anilines is 1. The van der Waals surface area contributed by atoms with E-state index < -0.39 is 84.6 Å². The molecule has 0 bridgehead atoms. The van der Waals surface area contributed by atoms with Gasteiger partial charge in [-0.25, -0.2) is 28.6 Å². The van der Waals surface area contributed by atoms with Crippen molar-refractivity contribution in [2.45, 2.75) is 63.8 Å². The zero-order valence-electron chi connectivity index (χ0n) is 29.9. The molecule has 0 radical (unpaired) electrons. The number of allylic oxidation sites excluding steroid dienone is 1. The van der Waals surface area contributed by atoms with E-state index in [2.05, 4.69) is 34.4 Å². The number of carbonyl (C=O) groups excluding carboxylic acids is 3. The van der Waals surface area contributed by atoms with Crippen molar-refractivity contribution in [2.24, 2.45) is 11.1 Å². The molecule has 12 N–H and O–H groups in total. The minimum Gasteiger partial charge on any atom is -0.386 e. The van der Waals surface area contributed by atoms with Crippen LogP contribution in [-0.2, 0) is 50.7 Å². The fraction of sp³-hybridized carbons (Fsp3) is 0.630. The van der Waals surface area contributed by atoms with Crippen LogP contribution in [0, 0.1) is 5.41 Å². The number of nitrogens with two attached hydrogens (primary N) is 2. The van der Waals surface area contributed by atoms with Crippen LogP contribution in [0.3, 0.4) is 0 Å². The van der Waals surface area contributed by atoms with Gasteiger partial charge >= 0.3 is 23.5 Å². The molecule has 0 aliphatic carbocycles. The number of aliphatic hydroxyl groups is 2. The third kappa shape index (κ3) is 14.9. The number of imidazole rings is 1. The number of fused-ring (bicyclic) bond motifs is 1. The third-order valence-corrected chi connectivity index (χ3v) is 11.5. The molecule has 0 aromatic carbocycles. The molecule has 29 heteroatoms. The molecule has 0 spiro atoms. The summed E-state index contributed by atoms with van der Waals surface area (Å²) in [5.74, 6) is -1.16. The minimum atomic E-state index is -5.57. The van der Waals surface area contributed by atoms with Crippen LogP contribution >= 0.6 is 35.2 Å². The summed E-state index contributed by atoms with van der Waals surface area (Å²) in [5, 5.41) is 26.1. The molecular formula is C27H45N8O17P3S. The highest BCUT2D eigenvalue weighted by Gasteiger charge is 2.50. The van der Waals surface area contributed by atoms with Crippen molar-refractivity contribution in [1.29, 1.82) is 0 Å². The van der Waals surface area contributed by atoms with E-state index in [1.807, 2.05) is 0 Å². The molecule has 1 fully saturated rings. The van der Waals surface area contributed by atoms with Crippen LogP contribution in [0.1, 0.15) is 39.3 Å². The number of nitrogens with one attached hydrogen (secondary N) is 2. The summed E-state index contributed by atoms with van der Waals surface area (Å²) in [6.07, 6.45) is -2.34. The van der Waals surface area contributed by atoms with Gasteiger partial charge in [0.25, 0.3) is 0 Å². The fourth-order valence-corrected chi connectivity index (χ4v) is 8.17. The van der Waals surface area contributed by atoms with Crippen LogP contribution in [0.15, 0.2) is 24.8 Å². The summed E-state index contributed by atoms with van der Waals surface area (Å²) in [4.78, 5) is 87.3. The molecule has 3 heterocycles. The maximum atomic E-state index is 12.7. The van der Waals surface area contributed by atoms with Gasteiger partial charge in [0.1, 0.15) is 36.3 Å². The molecule has 25 nitrogen and oxygen atoms in total. The van der Waals surface area contributed by atoms with Crippen molar-refractivity contribution in [1.82, 2.24) is 30.2 Å². The van der Waals surface area contributed by atoms with Gasteiger partial charge in [-0.15, -0.1) is 0 Å². The number of ether oxygens (including phenoxy) is 1. The molecule has 2 aromatic heterocycles. The van der Waals surface area contributed by atoms with E-state index >= 15 is 0 Å². The first-order valence-electron chi connectivity index (χ1n) is 16.5. The minimum absolute atomic E-state index is 0.0285. The fourth-order valence-electron chi connectivity index (χ4n) is 4.75. The number of carbonyl (C=O) groups is 3. The van der Waals surface area contributed by atoms with Gasteiger partial charge in [0.05, 0.1) is 19.5 Å². The summed E-state index contributed by atoms with van der Waals surface area (Å²) in [5.41, 5.74) is 9.64. The highest BCUT2D eigenvalue weighted by Crippen LogP contribution is 2.61. The Morgan fingerprint density at radius 3 is 2.46 bits per heavy atom. The van der Waals surface area contributed by atoms with E-state index in [1.165, 1.54) is 19.9 Å². The van der Waals surface area contributed by atoms with Crippen molar-refractivity contribution >= 4 is 69.1 Å². The summed E-state index contributed by atoms with van der Waals surface area (Å²) >= 11 is 1.01. The van der Waals surface area contributed by atoms with E-state index in [4.69, 9.17) is 25.3 Å². The van der Waals surface area contributed by atoms with Crippen molar-refractivity contribution < 1.29 is 80.5 Å². The monoisotopic (exact) mass is 878 g/mol. The number of thioether (sulfide) groups is 1. The van der Waals surface area contributed by atoms with E-state index in [1.54, 1.807) is 6.08 Å². The molecular weight excluding hydrogens is 833 g/mol. The van der Waals surface area contributed by atoms with Crippen LogP contribution in [0.4, 0.5) is 5.82 Å². The molecule has 316 valence electrons. The molecule has 2 aromatic rings. The van der Waals surface area contributed by atoms with Gasteiger partial charge in [-0.2, -0.15) is 4.31 Å². The Bertz CT molecular complexity index is 1850. The number of unbranched alkanes of at least 4 members (excludes halogenated alkanes) is 1. The van der Waals surface area contributed by atoms with Gasteiger partial charge in [-0.1, -0.05) is 31.7 Å². The number of aliphatic hydroxyl groups excluding tert-OH is 2. The Hall–Kier alpha value is -2.74. The van der Waals surface area contributed by atoms with E-state index in [0.29, 0.717) is 18.7 Å². The van der Waals surface area contributed by atoms with Crippen molar-refractivity contribution in [2.75, 3.05) is 44.3 Å². The van der Waals surface area contributed by atoms with Crippen LogP contribution < -0.4 is 22.1 Å². The topological polar surface area (TPSA) is 390 Å². The van der Waals surface area contributed by atoms with E-state index in [9.17, 15) is 57.9 Å². The van der Waals surface area contributed by atoms with Crippen LogP contribution in [0.25, 0.3) is 11.2 Å². The lowest BCUT2D eigenvalue weighted by Gasteiger charge is -2.30. The third-order valence-electron chi connectivity index (χ3n) is 7.57. The van der Waals surface area contributed by atoms with Gasteiger partial charge in [0.2, 0.25) is 16.9 Å². The number of phosphoric acid groups is 3. The van der Waals surface area contributed by atoms with Gasteiger partial charge < -0.3 is 56.6 Å². The van der Waals surface area contributed by atoms with Crippen LogP contribution in [0.2, 0.25) is 0 Å². The molecule has 1 saturated heterocycles. The molecule has 7 atom stereocenters. The Labute approximate surface area is 323 Å². The number of amides is 2. The molecule has 1 aliphatic heterocycles. The molecule has 0 saturated carbocycles. The zero-order chi connectivity index (χ0) is 41.9. The quantitative estimate of drug-likeness (QED) is 0.0362. The summed E-state index contributed by atoms with van der Waals surface area (Å²) in [6, 6.07) is 0. The number of nitrogens with zero attached hydrogens (tertiary/aromatic N) is 4. The Balaban J connectivity index is 1.48. The van der Waals surface area contributed by atoms with Crippen molar-refractivity contribution in [3.63, 3.8) is 0 Å². The lowest BCUT2D eigenvalue weighted by atomic mass is 9.87. The van der Waals surface area contributed by atoms with Crippen LogP contribution in [-0.4, -0.2) is 129 Å². The predicted molar refractivity (Wildman–Crippen MR) is 195 cm³/mol. The smallest absolute Gasteiger partial charge is 0.386 e.